The monoisotopic (exact) mass is 688 g/mol. The number of benzene rings is 8. The Bertz CT molecular complexity index is 2660. The predicted molar refractivity (Wildman–Crippen MR) is 225 cm³/mol. The summed E-state index contributed by atoms with van der Waals surface area (Å²) >= 11 is 0. The minimum absolute atomic E-state index is 0.422. The van der Waals surface area contributed by atoms with Gasteiger partial charge in [0.15, 0.2) is 0 Å². The zero-order valence-electron chi connectivity index (χ0n) is 31.2. The van der Waals surface area contributed by atoms with Gasteiger partial charge in [-0.1, -0.05) is 185 Å². The molecule has 0 heterocycles. The Kier molecular flexibility index (Phi) is 5.85. The minimum atomic E-state index is -0.446. The smallest absolute Gasteiger partial charge is 0.0619 e. The summed E-state index contributed by atoms with van der Waals surface area (Å²) in [6, 6.07) is 61.7. The second-order valence-corrected chi connectivity index (χ2v) is 16.7. The van der Waals surface area contributed by atoms with Gasteiger partial charge in [-0.05, 0) is 123 Å². The van der Waals surface area contributed by atoms with Gasteiger partial charge in [0, 0.05) is 0 Å². The second kappa shape index (κ2) is 10.4. The molecule has 0 atom stereocenters. The van der Waals surface area contributed by atoms with Crippen LogP contribution in [0.2, 0.25) is 0 Å². The Hall–Kier alpha value is -5.98. The minimum Gasteiger partial charge on any atom is -0.0619 e. The average molecular weight is 689 g/mol. The molecule has 0 saturated carbocycles. The van der Waals surface area contributed by atoms with E-state index >= 15 is 0 Å². The van der Waals surface area contributed by atoms with Crippen LogP contribution < -0.4 is 0 Å². The maximum absolute atomic E-state index is 2.55. The largest absolute Gasteiger partial charge is 0.0725 e. The van der Waals surface area contributed by atoms with E-state index in [-0.39, 0.29) is 0 Å². The first kappa shape index (κ1) is 30.5. The zero-order valence-corrected chi connectivity index (χ0v) is 31.2. The highest BCUT2D eigenvalue weighted by Gasteiger charge is 2.54. The first-order chi connectivity index (χ1) is 26.5. The van der Waals surface area contributed by atoms with Crippen LogP contribution >= 0.6 is 0 Å². The van der Waals surface area contributed by atoms with Crippen LogP contribution in [0.25, 0.3) is 55.3 Å². The topological polar surface area (TPSA) is 0 Å². The molecule has 0 saturated heterocycles. The lowest BCUT2D eigenvalue weighted by Gasteiger charge is -2.44. The summed E-state index contributed by atoms with van der Waals surface area (Å²) in [5, 5.41) is 2.81. The van der Waals surface area contributed by atoms with Gasteiger partial charge in [-0.15, -0.1) is 0 Å². The Morgan fingerprint density at radius 2 is 0.574 bits per heavy atom. The average Bonchev–Trinajstić information content (AvgIpc) is 3.67. The van der Waals surface area contributed by atoms with Crippen molar-refractivity contribution in [3.8, 4) is 44.5 Å². The second-order valence-electron chi connectivity index (χ2n) is 16.7. The number of hydrogen-bond acceptors (Lipinski definition) is 0. The van der Waals surface area contributed by atoms with Crippen molar-refractivity contribution in [2.45, 2.75) is 50.4 Å². The molecule has 256 valence electrons. The molecule has 0 bridgehead atoms. The molecule has 0 amide bonds. The molecular formula is C54H40. The van der Waals surface area contributed by atoms with Crippen molar-refractivity contribution in [3.63, 3.8) is 0 Å². The molecule has 0 radical (unpaired) electrons. The third-order valence-electron chi connectivity index (χ3n) is 13.7. The summed E-state index contributed by atoms with van der Waals surface area (Å²) in [6.07, 6.45) is 0. The van der Waals surface area contributed by atoms with Crippen molar-refractivity contribution in [2.75, 3.05) is 0 Å². The van der Waals surface area contributed by atoms with Gasteiger partial charge >= 0.3 is 0 Å². The summed E-state index contributed by atoms with van der Waals surface area (Å²) in [5.74, 6) is 0.844. The molecule has 0 heteroatoms. The Morgan fingerprint density at radius 1 is 0.278 bits per heavy atom. The van der Waals surface area contributed by atoms with E-state index in [1.165, 1.54) is 111 Å². The molecule has 0 aliphatic heterocycles. The van der Waals surface area contributed by atoms with E-state index < -0.39 is 10.8 Å². The van der Waals surface area contributed by atoms with E-state index in [2.05, 4.69) is 185 Å². The predicted octanol–water partition coefficient (Wildman–Crippen LogP) is 13.8. The van der Waals surface area contributed by atoms with E-state index in [9.17, 15) is 0 Å². The zero-order chi connectivity index (χ0) is 36.1. The van der Waals surface area contributed by atoms with Crippen molar-refractivity contribution in [2.24, 2.45) is 0 Å². The van der Waals surface area contributed by atoms with Crippen LogP contribution in [0.3, 0.4) is 0 Å². The van der Waals surface area contributed by atoms with Gasteiger partial charge in [-0.3, -0.25) is 0 Å². The fourth-order valence-corrected chi connectivity index (χ4v) is 11.4. The maximum atomic E-state index is 2.55. The molecule has 12 rings (SSSR count). The summed E-state index contributed by atoms with van der Waals surface area (Å²) < 4.78 is 0. The van der Waals surface area contributed by atoms with Crippen molar-refractivity contribution in [1.29, 1.82) is 0 Å². The SMILES string of the molecule is CC(C)c1ccc2c(c1)C1(c3ccccc3-c3ccccc31)c1ccc3c4c(ccc-2c14)-c1ccc(C(C)C)cc1C31c2ccccc2-c2ccccc21. The van der Waals surface area contributed by atoms with Crippen LogP contribution in [0.4, 0.5) is 0 Å². The molecule has 0 nitrogen and oxygen atoms in total. The van der Waals surface area contributed by atoms with Crippen molar-refractivity contribution in [1.82, 2.24) is 0 Å². The molecular weight excluding hydrogens is 649 g/mol. The lowest BCUT2D eigenvalue weighted by molar-refractivity contribution is 0.750. The Balaban J connectivity index is 1.32. The number of hydrogen-bond donors (Lipinski definition) is 0. The normalized spacial score (nSPS) is 15.3. The van der Waals surface area contributed by atoms with Gasteiger partial charge in [0.1, 0.15) is 0 Å². The Morgan fingerprint density at radius 3 is 0.907 bits per heavy atom. The van der Waals surface area contributed by atoms with E-state index in [0.29, 0.717) is 11.8 Å². The van der Waals surface area contributed by atoms with Crippen LogP contribution in [0.1, 0.15) is 95.2 Å². The van der Waals surface area contributed by atoms with Gasteiger partial charge in [-0.2, -0.15) is 0 Å². The highest BCUT2D eigenvalue weighted by molar-refractivity contribution is 6.16. The molecule has 8 aromatic carbocycles. The van der Waals surface area contributed by atoms with Crippen molar-refractivity contribution < 1.29 is 0 Å². The molecule has 4 aliphatic rings. The lowest BCUT2D eigenvalue weighted by Crippen LogP contribution is -2.35. The van der Waals surface area contributed by atoms with E-state index in [0.717, 1.165) is 0 Å². The summed E-state index contributed by atoms with van der Waals surface area (Å²) in [7, 11) is 0. The standard InChI is InChI=1S/C54H40/c1-31(2)33-21-23-39-41-25-26-42-40-24-22-34(32(3)4)30-50(40)54(45-19-11-7-15-37(45)38-16-8-12-20-46(38)54)48-28-27-47(51(41)52(42)48)53(49(39)29-33)43-17-9-5-13-35(43)36-14-6-10-18-44(36)53/h5-32H,1-4H3. The molecule has 4 aliphatic carbocycles. The Labute approximate surface area is 317 Å². The number of rotatable bonds is 2. The van der Waals surface area contributed by atoms with Gasteiger partial charge in [0.05, 0.1) is 10.8 Å². The van der Waals surface area contributed by atoms with Gasteiger partial charge in [0.25, 0.3) is 0 Å². The number of fused-ring (bicyclic) bond motifs is 18. The molecule has 2 spiro atoms. The summed E-state index contributed by atoms with van der Waals surface area (Å²) in [6.45, 7) is 9.30. The van der Waals surface area contributed by atoms with E-state index in [1.807, 2.05) is 0 Å². The van der Waals surface area contributed by atoms with E-state index in [4.69, 9.17) is 0 Å². The fourth-order valence-electron chi connectivity index (χ4n) is 11.4. The maximum Gasteiger partial charge on any atom is 0.0725 e. The first-order valence-corrected chi connectivity index (χ1v) is 19.7. The van der Waals surface area contributed by atoms with Crippen LogP contribution in [-0.2, 0) is 10.8 Å². The van der Waals surface area contributed by atoms with Crippen LogP contribution in [-0.4, -0.2) is 0 Å². The van der Waals surface area contributed by atoms with Crippen LogP contribution in [0, 0.1) is 0 Å². The molecule has 0 fully saturated rings. The van der Waals surface area contributed by atoms with Gasteiger partial charge < -0.3 is 0 Å². The summed E-state index contributed by atoms with van der Waals surface area (Å²) in [5.41, 5.74) is 23.9. The molecule has 54 heavy (non-hydrogen) atoms. The summed E-state index contributed by atoms with van der Waals surface area (Å²) in [4.78, 5) is 0. The van der Waals surface area contributed by atoms with Crippen LogP contribution in [0.15, 0.2) is 158 Å². The van der Waals surface area contributed by atoms with Crippen LogP contribution in [0.5, 0.6) is 0 Å². The van der Waals surface area contributed by atoms with Crippen molar-refractivity contribution in [3.05, 3.63) is 213 Å². The third kappa shape index (κ3) is 3.38. The lowest BCUT2D eigenvalue weighted by atomic mass is 9.57. The molecule has 0 unspecified atom stereocenters. The third-order valence-corrected chi connectivity index (χ3v) is 13.7. The molecule has 0 aromatic heterocycles. The highest BCUT2D eigenvalue weighted by Crippen LogP contribution is 2.67. The van der Waals surface area contributed by atoms with Gasteiger partial charge in [0.2, 0.25) is 0 Å². The molecule has 8 aromatic rings. The fraction of sp³-hybridized carbons (Fsp3) is 0.148. The molecule has 0 N–H and O–H groups in total. The highest BCUT2D eigenvalue weighted by atomic mass is 14.5. The quantitative estimate of drug-likeness (QED) is 0.170. The van der Waals surface area contributed by atoms with Crippen molar-refractivity contribution >= 4 is 10.8 Å². The van der Waals surface area contributed by atoms with Gasteiger partial charge in [-0.25, -0.2) is 0 Å². The first-order valence-electron chi connectivity index (χ1n) is 19.7. The van der Waals surface area contributed by atoms with E-state index in [1.54, 1.807) is 0 Å².